The van der Waals surface area contributed by atoms with Crippen LogP contribution in [-0.4, -0.2) is 37.9 Å². The van der Waals surface area contributed by atoms with Gasteiger partial charge in [-0.25, -0.2) is 14.6 Å². The Balaban J connectivity index is 3.95. The molecule has 0 saturated heterocycles. The molecule has 0 radical (unpaired) electrons. The van der Waals surface area contributed by atoms with Gasteiger partial charge in [0.15, 0.2) is 0 Å². The van der Waals surface area contributed by atoms with Crippen molar-refractivity contribution in [2.24, 2.45) is 4.99 Å². The molecule has 0 saturated carbocycles. The Bertz CT molecular complexity index is 392. The van der Waals surface area contributed by atoms with Gasteiger partial charge in [-0.1, -0.05) is 0 Å². The normalized spacial score (nSPS) is 10.2. The third kappa shape index (κ3) is 9.16. The van der Waals surface area contributed by atoms with Crippen molar-refractivity contribution >= 4 is 12.0 Å². The molecule has 0 bridgehead atoms. The van der Waals surface area contributed by atoms with Gasteiger partial charge in [0.05, 0.1) is 6.54 Å². The van der Waals surface area contributed by atoms with E-state index in [2.05, 4.69) is 14.5 Å². The van der Waals surface area contributed by atoms with Crippen molar-refractivity contribution in [1.29, 1.82) is 10.5 Å². The van der Waals surface area contributed by atoms with Crippen LogP contribution in [0, 0.1) is 23.0 Å². The monoisotopic (exact) mass is 267 g/mol. The molecule has 102 valence electrons. The first-order chi connectivity index (χ1) is 9.26. The molecule has 1 atom stereocenters. The molecule has 0 amide bonds. The average molecular weight is 267 g/mol. The minimum absolute atomic E-state index is 0.0184. The van der Waals surface area contributed by atoms with Crippen molar-refractivity contribution in [2.75, 3.05) is 19.8 Å². The van der Waals surface area contributed by atoms with Crippen LogP contribution in [0.25, 0.3) is 0 Å². The minimum Gasteiger partial charge on any atom is -0.461 e. The SMILES string of the molecule is N#COCCCCC(OC#N)C(=O)OCCN=C=O. The van der Waals surface area contributed by atoms with Gasteiger partial charge in [-0.3, -0.25) is 0 Å². The number of hydrogen-bond donors (Lipinski definition) is 0. The Kier molecular flexibility index (Phi) is 10.3. The highest BCUT2D eigenvalue weighted by Gasteiger charge is 2.21. The summed E-state index contributed by atoms with van der Waals surface area (Å²) in [5.74, 6) is -0.691. The van der Waals surface area contributed by atoms with E-state index in [1.807, 2.05) is 0 Å². The molecule has 0 aromatic carbocycles. The summed E-state index contributed by atoms with van der Waals surface area (Å²) >= 11 is 0. The summed E-state index contributed by atoms with van der Waals surface area (Å²) in [5, 5.41) is 16.6. The van der Waals surface area contributed by atoms with Crippen LogP contribution in [0.5, 0.6) is 0 Å². The number of nitriles is 2. The molecule has 0 aliphatic carbocycles. The number of carbonyl (C=O) groups is 1. The Morgan fingerprint density at radius 1 is 1.21 bits per heavy atom. The van der Waals surface area contributed by atoms with Crippen LogP contribution in [0.15, 0.2) is 4.99 Å². The van der Waals surface area contributed by atoms with E-state index < -0.39 is 12.1 Å². The summed E-state index contributed by atoms with van der Waals surface area (Å²) in [4.78, 5) is 24.5. The predicted molar refractivity (Wildman–Crippen MR) is 59.8 cm³/mol. The maximum atomic E-state index is 11.5. The van der Waals surface area contributed by atoms with E-state index in [0.29, 0.717) is 12.8 Å². The molecule has 0 aromatic heterocycles. The number of ether oxygens (including phenoxy) is 3. The van der Waals surface area contributed by atoms with Gasteiger partial charge in [0.2, 0.25) is 12.2 Å². The number of rotatable bonds is 10. The molecule has 1 unspecified atom stereocenters. The summed E-state index contributed by atoms with van der Waals surface area (Å²) in [6, 6.07) is 0. The first-order valence-corrected chi connectivity index (χ1v) is 5.52. The van der Waals surface area contributed by atoms with Crippen molar-refractivity contribution in [3.63, 3.8) is 0 Å². The van der Waals surface area contributed by atoms with Crippen LogP contribution >= 0.6 is 0 Å². The van der Waals surface area contributed by atoms with Gasteiger partial charge < -0.3 is 14.2 Å². The number of hydrogen-bond acceptors (Lipinski definition) is 8. The van der Waals surface area contributed by atoms with E-state index in [1.54, 1.807) is 0 Å². The fraction of sp³-hybridized carbons (Fsp3) is 0.636. The molecule has 19 heavy (non-hydrogen) atoms. The molecular formula is C11H13N3O5. The van der Waals surface area contributed by atoms with E-state index in [9.17, 15) is 9.59 Å². The highest BCUT2D eigenvalue weighted by Crippen LogP contribution is 2.07. The maximum Gasteiger partial charge on any atom is 0.348 e. The Labute approximate surface area is 110 Å². The van der Waals surface area contributed by atoms with E-state index in [-0.39, 0.29) is 26.2 Å². The molecule has 8 nitrogen and oxygen atoms in total. The lowest BCUT2D eigenvalue weighted by Crippen LogP contribution is -2.26. The van der Waals surface area contributed by atoms with Crippen LogP contribution in [0.2, 0.25) is 0 Å². The number of aliphatic imine (C=N–C) groups is 1. The number of isocyanates is 1. The zero-order valence-electron chi connectivity index (χ0n) is 10.2. The lowest BCUT2D eigenvalue weighted by molar-refractivity contribution is -0.153. The average Bonchev–Trinajstić information content (AvgIpc) is 2.42. The second-order valence-electron chi connectivity index (χ2n) is 3.27. The molecule has 0 N–H and O–H groups in total. The summed E-state index contributed by atoms with van der Waals surface area (Å²) < 4.78 is 13.8. The lowest BCUT2D eigenvalue weighted by Gasteiger charge is -2.12. The van der Waals surface area contributed by atoms with Gasteiger partial charge in [0.1, 0.15) is 13.2 Å². The first-order valence-electron chi connectivity index (χ1n) is 5.52. The van der Waals surface area contributed by atoms with Crippen LogP contribution in [0.1, 0.15) is 19.3 Å². The zero-order chi connectivity index (χ0) is 14.3. The molecule has 0 heterocycles. The number of nitrogens with zero attached hydrogens (tertiary/aromatic N) is 3. The predicted octanol–water partition coefficient (Wildman–Crippen LogP) is 0.400. The van der Waals surface area contributed by atoms with Crippen molar-refractivity contribution < 1.29 is 23.8 Å². The molecule has 0 aromatic rings. The van der Waals surface area contributed by atoms with E-state index in [0.717, 1.165) is 0 Å². The molecule has 0 spiro atoms. The lowest BCUT2D eigenvalue weighted by atomic mass is 10.1. The maximum absolute atomic E-state index is 11.5. The smallest absolute Gasteiger partial charge is 0.348 e. The third-order valence-corrected chi connectivity index (χ3v) is 2.00. The van der Waals surface area contributed by atoms with Crippen molar-refractivity contribution in [3.8, 4) is 12.5 Å². The summed E-state index contributed by atoms with van der Waals surface area (Å²) in [6.45, 7) is 0.195. The van der Waals surface area contributed by atoms with Crippen LogP contribution < -0.4 is 0 Å². The number of esters is 1. The molecular weight excluding hydrogens is 254 g/mol. The summed E-state index contributed by atoms with van der Waals surface area (Å²) in [6.07, 6.45) is 4.65. The molecule has 0 aliphatic rings. The van der Waals surface area contributed by atoms with Crippen molar-refractivity contribution in [2.45, 2.75) is 25.4 Å². The second kappa shape index (κ2) is 11.9. The first kappa shape index (κ1) is 16.4. The Morgan fingerprint density at radius 2 is 2.00 bits per heavy atom. The van der Waals surface area contributed by atoms with Crippen LogP contribution in [0.3, 0.4) is 0 Å². The number of unbranched alkanes of at least 4 members (excludes halogenated alkanes) is 1. The van der Waals surface area contributed by atoms with Crippen molar-refractivity contribution in [1.82, 2.24) is 0 Å². The fourth-order valence-corrected chi connectivity index (χ4v) is 1.17. The van der Waals surface area contributed by atoms with Crippen LogP contribution in [0.4, 0.5) is 0 Å². The molecule has 0 fully saturated rings. The van der Waals surface area contributed by atoms with E-state index in [4.69, 9.17) is 15.3 Å². The van der Waals surface area contributed by atoms with Gasteiger partial charge >= 0.3 is 5.97 Å². The third-order valence-electron chi connectivity index (χ3n) is 2.00. The molecule has 0 aliphatic heterocycles. The van der Waals surface area contributed by atoms with Crippen molar-refractivity contribution in [3.05, 3.63) is 0 Å². The second-order valence-corrected chi connectivity index (χ2v) is 3.27. The zero-order valence-corrected chi connectivity index (χ0v) is 10.2. The standard InChI is InChI=1S/C11H13N3O5/c12-7-17-5-2-1-3-10(19-8-13)11(16)18-6-4-14-9-15/h10H,1-6H2. The van der Waals surface area contributed by atoms with Crippen LogP contribution in [-0.2, 0) is 23.8 Å². The Morgan fingerprint density at radius 3 is 2.63 bits per heavy atom. The highest BCUT2D eigenvalue weighted by molar-refractivity contribution is 5.74. The van der Waals surface area contributed by atoms with Gasteiger partial charge in [-0.2, -0.15) is 10.5 Å². The molecule has 8 heteroatoms. The highest BCUT2D eigenvalue weighted by atomic mass is 16.6. The number of carbonyl (C=O) groups excluding carboxylic acids is 2. The van der Waals surface area contributed by atoms with E-state index >= 15 is 0 Å². The van der Waals surface area contributed by atoms with Gasteiger partial charge in [0.25, 0.3) is 12.5 Å². The Hall–Kier alpha value is -2.57. The topological polar surface area (TPSA) is 122 Å². The quantitative estimate of drug-likeness (QED) is 0.184. The largest absolute Gasteiger partial charge is 0.461 e. The molecule has 0 rings (SSSR count). The summed E-state index contributed by atoms with van der Waals surface area (Å²) in [5.41, 5.74) is 0. The van der Waals surface area contributed by atoms with Gasteiger partial charge in [-0.05, 0) is 19.3 Å². The van der Waals surface area contributed by atoms with Gasteiger partial charge in [-0.15, -0.1) is 0 Å². The van der Waals surface area contributed by atoms with E-state index in [1.165, 1.54) is 18.6 Å². The fourth-order valence-electron chi connectivity index (χ4n) is 1.17. The summed E-state index contributed by atoms with van der Waals surface area (Å²) in [7, 11) is 0. The minimum atomic E-state index is -0.993. The van der Waals surface area contributed by atoms with Gasteiger partial charge in [0, 0.05) is 0 Å².